The standard InChI is InChI=1S/C55H36N6/c1-3-13-42(14-4-1)60-49-21-9-7-19-47(49)57-54(60)39-28-24-37(25-29-39)41-32-33-46-52(35-41)59(44-17-12-34-56-36-44)51-23-11-18-45(53(46)51)38-26-30-40(31-27-38)55-58-48-20-8-10-22-50(48)61(55)43-15-5-2-6-16-43/h1-36H. The van der Waals surface area contributed by atoms with Crippen LogP contribution in [0.25, 0.3) is 106 Å². The van der Waals surface area contributed by atoms with Crippen LogP contribution in [0.2, 0.25) is 0 Å². The summed E-state index contributed by atoms with van der Waals surface area (Å²) >= 11 is 0. The maximum atomic E-state index is 5.12. The minimum atomic E-state index is 0.917. The molecule has 12 rings (SSSR count). The van der Waals surface area contributed by atoms with Gasteiger partial charge in [-0.1, -0.05) is 133 Å². The third-order valence-electron chi connectivity index (χ3n) is 11.8. The van der Waals surface area contributed by atoms with E-state index < -0.39 is 0 Å². The monoisotopic (exact) mass is 780 g/mol. The fraction of sp³-hybridized carbons (Fsp3) is 0. The molecule has 0 spiro atoms. The number of imidazole rings is 2. The van der Waals surface area contributed by atoms with Crippen molar-refractivity contribution in [1.82, 2.24) is 28.7 Å². The molecule has 6 heteroatoms. The van der Waals surface area contributed by atoms with Gasteiger partial charge in [-0.15, -0.1) is 0 Å². The smallest absolute Gasteiger partial charge is 0.145 e. The van der Waals surface area contributed by atoms with Crippen LogP contribution in [0.15, 0.2) is 219 Å². The number of hydrogen-bond acceptors (Lipinski definition) is 3. The van der Waals surface area contributed by atoms with Crippen molar-refractivity contribution in [2.45, 2.75) is 0 Å². The third kappa shape index (κ3) is 5.76. The summed E-state index contributed by atoms with van der Waals surface area (Å²) in [4.78, 5) is 14.8. The molecule has 8 aromatic carbocycles. The van der Waals surface area contributed by atoms with Crippen LogP contribution in [0.4, 0.5) is 0 Å². The maximum Gasteiger partial charge on any atom is 0.145 e. The van der Waals surface area contributed by atoms with Crippen LogP contribution >= 0.6 is 0 Å². The first-order valence-corrected chi connectivity index (χ1v) is 20.5. The minimum Gasteiger partial charge on any atom is -0.308 e. The second-order valence-electron chi connectivity index (χ2n) is 15.3. The van der Waals surface area contributed by atoms with Gasteiger partial charge in [-0.05, 0) is 95.1 Å². The average molecular weight is 781 g/mol. The molecule has 0 bridgehead atoms. The van der Waals surface area contributed by atoms with Crippen LogP contribution in [0.5, 0.6) is 0 Å². The molecule has 0 aliphatic heterocycles. The van der Waals surface area contributed by atoms with Crippen LogP contribution in [-0.2, 0) is 0 Å². The van der Waals surface area contributed by atoms with Crippen molar-refractivity contribution in [2.75, 3.05) is 0 Å². The van der Waals surface area contributed by atoms with E-state index in [1.165, 1.54) is 16.3 Å². The molecule has 0 saturated heterocycles. The summed E-state index contributed by atoms with van der Waals surface area (Å²) in [5.41, 5.74) is 16.2. The van der Waals surface area contributed by atoms with Gasteiger partial charge in [0.1, 0.15) is 11.6 Å². The molecule has 0 saturated carbocycles. The predicted octanol–water partition coefficient (Wildman–Crippen LogP) is 13.5. The molecular formula is C55H36N6. The molecule has 0 N–H and O–H groups in total. The summed E-state index contributed by atoms with van der Waals surface area (Å²) in [5.74, 6) is 1.84. The van der Waals surface area contributed by atoms with Crippen LogP contribution < -0.4 is 0 Å². The Balaban J connectivity index is 0.966. The first-order chi connectivity index (χ1) is 30.3. The maximum absolute atomic E-state index is 5.12. The summed E-state index contributed by atoms with van der Waals surface area (Å²) in [5, 5.41) is 2.38. The Labute approximate surface area is 351 Å². The Kier molecular flexibility index (Phi) is 8.06. The summed E-state index contributed by atoms with van der Waals surface area (Å²) < 4.78 is 6.84. The quantitative estimate of drug-likeness (QED) is 0.162. The van der Waals surface area contributed by atoms with E-state index in [9.17, 15) is 0 Å². The zero-order valence-corrected chi connectivity index (χ0v) is 33.0. The lowest BCUT2D eigenvalue weighted by Crippen LogP contribution is -1.97. The van der Waals surface area contributed by atoms with Crippen molar-refractivity contribution in [3.63, 3.8) is 0 Å². The van der Waals surface area contributed by atoms with Crippen LogP contribution in [0.1, 0.15) is 0 Å². The van der Waals surface area contributed by atoms with Gasteiger partial charge in [-0.3, -0.25) is 14.1 Å². The molecule has 0 fully saturated rings. The van der Waals surface area contributed by atoms with E-state index >= 15 is 0 Å². The van der Waals surface area contributed by atoms with Gasteiger partial charge in [0.25, 0.3) is 0 Å². The van der Waals surface area contributed by atoms with E-state index in [4.69, 9.17) is 9.97 Å². The number of pyridine rings is 1. The fourth-order valence-electron chi connectivity index (χ4n) is 8.98. The second kappa shape index (κ2) is 14.2. The highest BCUT2D eigenvalue weighted by molar-refractivity contribution is 6.16. The van der Waals surface area contributed by atoms with E-state index in [1.807, 2.05) is 42.7 Å². The highest BCUT2D eigenvalue weighted by Crippen LogP contribution is 2.41. The van der Waals surface area contributed by atoms with Gasteiger partial charge in [-0.2, -0.15) is 0 Å². The summed E-state index contributed by atoms with van der Waals surface area (Å²) in [6.07, 6.45) is 3.77. The van der Waals surface area contributed by atoms with Crippen molar-refractivity contribution >= 4 is 43.9 Å². The van der Waals surface area contributed by atoms with Crippen molar-refractivity contribution in [3.05, 3.63) is 219 Å². The number of nitrogens with zero attached hydrogens (tertiary/aromatic N) is 6. The van der Waals surface area contributed by atoms with E-state index in [2.05, 4.69) is 195 Å². The van der Waals surface area contributed by atoms with Crippen LogP contribution in [0.3, 0.4) is 0 Å². The van der Waals surface area contributed by atoms with E-state index in [0.717, 1.165) is 89.6 Å². The molecule has 0 aliphatic carbocycles. The van der Waals surface area contributed by atoms with E-state index in [-0.39, 0.29) is 0 Å². The highest BCUT2D eigenvalue weighted by Gasteiger charge is 2.20. The molecule has 0 aliphatic rings. The summed E-state index contributed by atoms with van der Waals surface area (Å²) in [7, 11) is 0. The lowest BCUT2D eigenvalue weighted by Gasteiger charge is -2.11. The van der Waals surface area contributed by atoms with Crippen molar-refractivity contribution < 1.29 is 0 Å². The molecule has 0 amide bonds. The summed E-state index contributed by atoms with van der Waals surface area (Å²) in [6.45, 7) is 0. The number of hydrogen-bond donors (Lipinski definition) is 0. The van der Waals surface area contributed by atoms with E-state index in [1.54, 1.807) is 0 Å². The largest absolute Gasteiger partial charge is 0.308 e. The molecule has 4 aromatic heterocycles. The topological polar surface area (TPSA) is 53.5 Å². The first-order valence-electron chi connectivity index (χ1n) is 20.5. The van der Waals surface area contributed by atoms with Crippen molar-refractivity contribution in [3.8, 4) is 62.1 Å². The molecule has 0 unspecified atom stereocenters. The van der Waals surface area contributed by atoms with Gasteiger partial charge in [0, 0.05) is 39.5 Å². The molecule has 286 valence electrons. The lowest BCUT2D eigenvalue weighted by molar-refractivity contribution is 1.10. The van der Waals surface area contributed by atoms with Gasteiger partial charge in [0.2, 0.25) is 0 Å². The molecule has 61 heavy (non-hydrogen) atoms. The predicted molar refractivity (Wildman–Crippen MR) is 250 cm³/mol. The molecular weight excluding hydrogens is 745 g/mol. The average Bonchev–Trinajstić information content (AvgIpc) is 4.03. The first kappa shape index (κ1) is 34.7. The SMILES string of the molecule is c1ccc(-n2c(-c3ccc(-c4ccc5c6c(-c7ccc(-c8nc9ccccc9n8-c8ccccc8)cc7)cccc6n(-c6cccnc6)c5c4)cc3)nc3ccccc32)cc1. The second-order valence-corrected chi connectivity index (χ2v) is 15.3. The third-order valence-corrected chi connectivity index (χ3v) is 11.8. The Bertz CT molecular complexity index is 3550. The Morgan fingerprint density at radius 2 is 0.836 bits per heavy atom. The number of fused-ring (bicyclic) bond motifs is 5. The minimum absolute atomic E-state index is 0.917. The Morgan fingerprint density at radius 3 is 1.43 bits per heavy atom. The normalized spacial score (nSPS) is 11.6. The molecule has 4 heterocycles. The zero-order chi connectivity index (χ0) is 40.3. The molecule has 12 aromatic rings. The number of rotatable bonds is 7. The van der Waals surface area contributed by atoms with Gasteiger partial charge in [-0.25, -0.2) is 9.97 Å². The fourth-order valence-corrected chi connectivity index (χ4v) is 8.98. The Morgan fingerprint density at radius 1 is 0.328 bits per heavy atom. The Hall–Kier alpha value is -8.35. The number of para-hydroxylation sites is 6. The van der Waals surface area contributed by atoms with Crippen LogP contribution in [0, 0.1) is 0 Å². The number of benzene rings is 8. The molecule has 0 radical (unpaired) electrons. The zero-order valence-electron chi connectivity index (χ0n) is 33.0. The lowest BCUT2D eigenvalue weighted by atomic mass is 9.97. The van der Waals surface area contributed by atoms with Gasteiger partial charge in [0.05, 0.1) is 45.0 Å². The van der Waals surface area contributed by atoms with Crippen molar-refractivity contribution in [2.24, 2.45) is 0 Å². The van der Waals surface area contributed by atoms with Crippen LogP contribution in [-0.4, -0.2) is 28.7 Å². The van der Waals surface area contributed by atoms with Gasteiger partial charge >= 0.3 is 0 Å². The van der Waals surface area contributed by atoms with Gasteiger partial charge < -0.3 is 4.57 Å². The summed E-state index contributed by atoms with van der Waals surface area (Å²) in [6, 6.07) is 72.8. The van der Waals surface area contributed by atoms with E-state index in [0.29, 0.717) is 0 Å². The van der Waals surface area contributed by atoms with Gasteiger partial charge in [0.15, 0.2) is 0 Å². The molecule has 0 atom stereocenters. The molecule has 6 nitrogen and oxygen atoms in total. The highest BCUT2D eigenvalue weighted by atomic mass is 15.1. The van der Waals surface area contributed by atoms with Crippen molar-refractivity contribution in [1.29, 1.82) is 0 Å². The number of aromatic nitrogens is 6.